The lowest BCUT2D eigenvalue weighted by atomic mass is 9.85. The van der Waals surface area contributed by atoms with Gasteiger partial charge < -0.3 is 15.1 Å². The molecule has 27 heavy (non-hydrogen) atoms. The summed E-state index contributed by atoms with van der Waals surface area (Å²) >= 11 is 0. The number of hydrogen-bond donors (Lipinski definition) is 2. The highest BCUT2D eigenvalue weighted by Gasteiger charge is 2.52. The van der Waals surface area contributed by atoms with Gasteiger partial charge >= 0.3 is 6.03 Å². The van der Waals surface area contributed by atoms with Gasteiger partial charge in [0.05, 0.1) is 12.3 Å². The van der Waals surface area contributed by atoms with Gasteiger partial charge in [-0.25, -0.2) is 4.79 Å². The Morgan fingerprint density at radius 2 is 1.96 bits per heavy atom. The average Bonchev–Trinajstić information content (AvgIpc) is 3.27. The topological polar surface area (TPSA) is 91.7 Å². The van der Waals surface area contributed by atoms with Gasteiger partial charge in [0, 0.05) is 0 Å². The summed E-state index contributed by atoms with van der Waals surface area (Å²) < 4.78 is 5.26. The molecular formula is C20H23N3O4. The molecule has 0 spiro atoms. The van der Waals surface area contributed by atoms with Crippen molar-refractivity contribution < 1.29 is 18.8 Å². The van der Waals surface area contributed by atoms with E-state index in [1.807, 2.05) is 37.3 Å². The Morgan fingerprint density at radius 3 is 2.59 bits per heavy atom. The van der Waals surface area contributed by atoms with Gasteiger partial charge in [0.25, 0.3) is 5.91 Å². The Kier molecular flexibility index (Phi) is 5.30. The second kappa shape index (κ2) is 7.65. The molecule has 7 heteroatoms. The van der Waals surface area contributed by atoms with Crippen LogP contribution in [0.1, 0.15) is 44.1 Å². The summed E-state index contributed by atoms with van der Waals surface area (Å²) in [5, 5.41) is 5.55. The molecule has 0 unspecified atom stereocenters. The van der Waals surface area contributed by atoms with Crippen LogP contribution in [0, 0.1) is 0 Å². The summed E-state index contributed by atoms with van der Waals surface area (Å²) in [7, 11) is 0. The Balaban J connectivity index is 1.76. The number of carbonyl (C=O) groups excluding carboxylic acids is 3. The molecule has 3 rings (SSSR count). The van der Waals surface area contributed by atoms with E-state index in [2.05, 4.69) is 10.6 Å². The summed E-state index contributed by atoms with van der Waals surface area (Å²) in [5.74, 6) is -0.228. The fourth-order valence-corrected chi connectivity index (χ4v) is 3.42. The van der Waals surface area contributed by atoms with E-state index in [1.165, 1.54) is 6.26 Å². The maximum atomic E-state index is 13.1. The molecule has 2 aromatic rings. The molecule has 0 radical (unpaired) electrons. The van der Waals surface area contributed by atoms with E-state index in [0.717, 1.165) is 10.5 Å². The maximum absolute atomic E-state index is 13.1. The van der Waals surface area contributed by atoms with E-state index < -0.39 is 23.4 Å². The number of furan rings is 1. The minimum absolute atomic E-state index is 0.339. The number of nitrogens with one attached hydrogen (secondary N) is 2. The van der Waals surface area contributed by atoms with Crippen LogP contribution in [0.15, 0.2) is 53.1 Å². The Morgan fingerprint density at radius 1 is 1.22 bits per heavy atom. The molecule has 1 aromatic heterocycles. The molecule has 2 atom stereocenters. The van der Waals surface area contributed by atoms with Crippen LogP contribution in [0.3, 0.4) is 0 Å². The van der Waals surface area contributed by atoms with Crippen molar-refractivity contribution in [3.63, 3.8) is 0 Å². The molecule has 7 nitrogen and oxygen atoms in total. The van der Waals surface area contributed by atoms with E-state index in [0.29, 0.717) is 18.6 Å². The normalized spacial score (nSPS) is 20.4. The zero-order chi connectivity index (χ0) is 19.4. The van der Waals surface area contributed by atoms with Crippen molar-refractivity contribution in [3.8, 4) is 0 Å². The molecule has 0 aliphatic carbocycles. The summed E-state index contributed by atoms with van der Waals surface area (Å²) in [6.45, 7) is 3.38. The number of rotatable bonds is 7. The lowest BCUT2D eigenvalue weighted by Crippen LogP contribution is -2.45. The number of imide groups is 1. The zero-order valence-electron chi connectivity index (χ0n) is 15.4. The highest BCUT2D eigenvalue weighted by atomic mass is 16.3. The largest absolute Gasteiger partial charge is 0.467 e. The maximum Gasteiger partial charge on any atom is 0.325 e. The fourth-order valence-electron chi connectivity index (χ4n) is 3.42. The fraction of sp³-hybridized carbons (Fsp3) is 0.350. The first-order valence-corrected chi connectivity index (χ1v) is 9.00. The highest BCUT2D eigenvalue weighted by molar-refractivity contribution is 6.09. The van der Waals surface area contributed by atoms with Gasteiger partial charge in [0.1, 0.15) is 17.8 Å². The molecule has 0 bridgehead atoms. The summed E-state index contributed by atoms with van der Waals surface area (Å²) in [5.41, 5.74) is -0.405. The van der Waals surface area contributed by atoms with Gasteiger partial charge in [-0.2, -0.15) is 0 Å². The SMILES string of the molecule is CCC[C@@]1(c2ccccc2)NC(=O)N(CC(=O)N[C@H](C)c2ccco2)C1=O. The van der Waals surface area contributed by atoms with E-state index in [1.54, 1.807) is 19.1 Å². The number of nitrogens with zero attached hydrogens (tertiary/aromatic N) is 1. The van der Waals surface area contributed by atoms with E-state index >= 15 is 0 Å². The van der Waals surface area contributed by atoms with Gasteiger partial charge in [-0.15, -0.1) is 0 Å². The van der Waals surface area contributed by atoms with Crippen LogP contribution in [0.25, 0.3) is 0 Å². The molecule has 2 N–H and O–H groups in total. The van der Waals surface area contributed by atoms with Crippen LogP contribution < -0.4 is 10.6 Å². The number of urea groups is 1. The Hall–Kier alpha value is -3.09. The van der Waals surface area contributed by atoms with Crippen molar-refractivity contribution in [1.29, 1.82) is 0 Å². The van der Waals surface area contributed by atoms with Crippen LogP contribution in [-0.2, 0) is 15.1 Å². The number of carbonyl (C=O) groups is 3. The monoisotopic (exact) mass is 369 g/mol. The van der Waals surface area contributed by atoms with Crippen molar-refractivity contribution >= 4 is 17.8 Å². The average molecular weight is 369 g/mol. The van der Waals surface area contributed by atoms with E-state index in [9.17, 15) is 14.4 Å². The minimum Gasteiger partial charge on any atom is -0.467 e. The van der Waals surface area contributed by atoms with Crippen LogP contribution in [0.4, 0.5) is 4.79 Å². The van der Waals surface area contributed by atoms with Gasteiger partial charge in [0.15, 0.2) is 0 Å². The van der Waals surface area contributed by atoms with Gasteiger partial charge in [-0.1, -0.05) is 43.7 Å². The Labute approximate surface area is 157 Å². The molecule has 2 heterocycles. The molecule has 1 aliphatic rings. The predicted molar refractivity (Wildman–Crippen MR) is 98.5 cm³/mol. The van der Waals surface area contributed by atoms with Gasteiger partial charge in [-0.3, -0.25) is 14.5 Å². The molecule has 142 valence electrons. The first-order valence-electron chi connectivity index (χ1n) is 9.00. The van der Waals surface area contributed by atoms with Crippen LogP contribution >= 0.6 is 0 Å². The smallest absolute Gasteiger partial charge is 0.325 e. The van der Waals surface area contributed by atoms with Gasteiger partial charge in [-0.05, 0) is 31.0 Å². The van der Waals surface area contributed by atoms with Gasteiger partial charge in [0.2, 0.25) is 5.91 Å². The highest BCUT2D eigenvalue weighted by Crippen LogP contribution is 2.33. The predicted octanol–water partition coefficient (Wildman–Crippen LogP) is 2.70. The molecule has 1 saturated heterocycles. The third kappa shape index (κ3) is 3.58. The molecular weight excluding hydrogens is 346 g/mol. The number of benzene rings is 1. The van der Waals surface area contributed by atoms with Crippen molar-refractivity contribution in [1.82, 2.24) is 15.5 Å². The van der Waals surface area contributed by atoms with Crippen molar-refractivity contribution in [2.45, 2.75) is 38.3 Å². The van der Waals surface area contributed by atoms with Crippen molar-refractivity contribution in [2.75, 3.05) is 6.54 Å². The molecule has 1 aliphatic heterocycles. The quantitative estimate of drug-likeness (QED) is 0.734. The molecule has 4 amide bonds. The first kappa shape index (κ1) is 18.7. The summed E-state index contributed by atoms with van der Waals surface area (Å²) in [6.07, 6.45) is 2.69. The zero-order valence-corrected chi connectivity index (χ0v) is 15.4. The molecule has 0 saturated carbocycles. The Bertz CT molecular complexity index is 819. The second-order valence-electron chi connectivity index (χ2n) is 6.65. The second-order valence-corrected chi connectivity index (χ2v) is 6.65. The minimum atomic E-state index is -1.12. The van der Waals surface area contributed by atoms with Crippen LogP contribution in [0.5, 0.6) is 0 Å². The lowest BCUT2D eigenvalue weighted by molar-refractivity contribution is -0.135. The van der Waals surface area contributed by atoms with E-state index in [4.69, 9.17) is 4.42 Å². The number of hydrogen-bond acceptors (Lipinski definition) is 4. The molecule has 1 aromatic carbocycles. The van der Waals surface area contributed by atoms with Crippen molar-refractivity contribution in [2.24, 2.45) is 0 Å². The van der Waals surface area contributed by atoms with Crippen LogP contribution in [0.2, 0.25) is 0 Å². The third-order valence-electron chi connectivity index (χ3n) is 4.72. The molecule has 1 fully saturated rings. The lowest BCUT2D eigenvalue weighted by Gasteiger charge is -2.27. The standard InChI is InChI=1S/C20H23N3O4/c1-3-11-20(15-8-5-4-6-9-15)18(25)23(19(26)22-20)13-17(24)21-14(2)16-10-7-12-27-16/h4-10,12,14H,3,11,13H2,1-2H3,(H,21,24)(H,22,26)/t14-,20+/m1/s1. The first-order chi connectivity index (χ1) is 13.0. The number of amides is 4. The van der Waals surface area contributed by atoms with Crippen LogP contribution in [-0.4, -0.2) is 29.3 Å². The van der Waals surface area contributed by atoms with Crippen molar-refractivity contribution in [3.05, 3.63) is 60.1 Å². The third-order valence-corrected chi connectivity index (χ3v) is 4.72. The summed E-state index contributed by atoms with van der Waals surface area (Å²) in [6, 6.07) is 11.7. The summed E-state index contributed by atoms with van der Waals surface area (Å²) in [4.78, 5) is 39.0. The van der Waals surface area contributed by atoms with E-state index in [-0.39, 0.29) is 12.6 Å².